The maximum Gasteiger partial charge on any atom is 0.133 e. The van der Waals surface area contributed by atoms with E-state index >= 15 is 0 Å². The first-order valence-corrected chi connectivity index (χ1v) is 7.19. The van der Waals surface area contributed by atoms with E-state index < -0.39 is 0 Å². The van der Waals surface area contributed by atoms with Crippen molar-refractivity contribution in [3.05, 3.63) is 25.3 Å². The number of hydrogen-bond acceptors (Lipinski definition) is 1. The Bertz CT molecular complexity index is 203. The first-order valence-electron chi connectivity index (χ1n) is 6.07. The highest BCUT2D eigenvalue weighted by atomic mass is 79.9. The van der Waals surface area contributed by atoms with Gasteiger partial charge in [0.2, 0.25) is 0 Å². The molecule has 0 unspecified atom stereocenters. The van der Waals surface area contributed by atoms with Crippen LogP contribution in [0.4, 0.5) is 0 Å². The molecule has 0 aliphatic rings. The summed E-state index contributed by atoms with van der Waals surface area (Å²) in [5.74, 6) is 0.492. The van der Waals surface area contributed by atoms with E-state index in [-0.39, 0.29) is 5.92 Å². The molecule has 2 heteroatoms. The Morgan fingerprint density at radius 1 is 1.06 bits per heavy atom. The smallest absolute Gasteiger partial charge is 0.133 e. The zero-order valence-electron chi connectivity index (χ0n) is 10.1. The Balaban J connectivity index is 3.43. The van der Waals surface area contributed by atoms with E-state index in [1.807, 2.05) is 0 Å². The zero-order valence-corrected chi connectivity index (χ0v) is 11.7. The van der Waals surface area contributed by atoms with Crippen LogP contribution in [-0.2, 0) is 4.79 Å². The maximum absolute atomic E-state index is 11.6. The largest absolute Gasteiger partial charge is 0.300 e. The minimum atomic E-state index is 0.154. The first kappa shape index (κ1) is 15.6. The standard InChI is InChI=1S/C14H23BrO/c1-3-13(4-2)12-14(16)10-8-6-5-7-9-11-15/h3-4,13H,1-2,5-12H2. The van der Waals surface area contributed by atoms with E-state index in [0.29, 0.717) is 18.6 Å². The van der Waals surface area contributed by atoms with Gasteiger partial charge in [0.1, 0.15) is 5.78 Å². The predicted octanol–water partition coefficient (Wildman–Crippen LogP) is 4.67. The van der Waals surface area contributed by atoms with Crippen molar-refractivity contribution in [1.82, 2.24) is 0 Å². The quantitative estimate of drug-likeness (QED) is 0.306. The highest BCUT2D eigenvalue weighted by molar-refractivity contribution is 9.09. The van der Waals surface area contributed by atoms with Crippen LogP contribution >= 0.6 is 15.9 Å². The molecule has 0 bridgehead atoms. The number of alkyl halides is 1. The van der Waals surface area contributed by atoms with Gasteiger partial charge >= 0.3 is 0 Å². The van der Waals surface area contributed by atoms with E-state index in [1.165, 1.54) is 25.7 Å². The Hall–Kier alpha value is -0.370. The summed E-state index contributed by atoms with van der Waals surface area (Å²) in [6.45, 7) is 7.37. The number of carbonyl (C=O) groups excluding carboxylic acids is 1. The van der Waals surface area contributed by atoms with Crippen LogP contribution in [0.3, 0.4) is 0 Å². The molecule has 0 radical (unpaired) electrons. The van der Waals surface area contributed by atoms with Gasteiger partial charge in [-0.1, -0.05) is 47.3 Å². The van der Waals surface area contributed by atoms with Crippen molar-refractivity contribution in [2.75, 3.05) is 5.33 Å². The Kier molecular flexibility index (Phi) is 10.9. The summed E-state index contributed by atoms with van der Waals surface area (Å²) >= 11 is 3.41. The van der Waals surface area contributed by atoms with Gasteiger partial charge in [0.15, 0.2) is 0 Å². The molecule has 0 aromatic rings. The summed E-state index contributed by atoms with van der Waals surface area (Å²) < 4.78 is 0. The minimum Gasteiger partial charge on any atom is -0.300 e. The zero-order chi connectivity index (χ0) is 12.2. The van der Waals surface area contributed by atoms with Crippen LogP contribution in [0.5, 0.6) is 0 Å². The van der Waals surface area contributed by atoms with Crippen LogP contribution in [-0.4, -0.2) is 11.1 Å². The number of allylic oxidation sites excluding steroid dienone is 2. The molecular weight excluding hydrogens is 264 g/mol. The SMILES string of the molecule is C=CC(C=C)CC(=O)CCCCCCCBr. The van der Waals surface area contributed by atoms with Crippen molar-refractivity contribution >= 4 is 21.7 Å². The molecule has 0 fully saturated rings. The fraction of sp³-hybridized carbons (Fsp3) is 0.643. The van der Waals surface area contributed by atoms with Gasteiger partial charge in [-0.2, -0.15) is 0 Å². The molecule has 0 N–H and O–H groups in total. The number of unbranched alkanes of at least 4 members (excludes halogenated alkanes) is 4. The summed E-state index contributed by atoms with van der Waals surface area (Å²) in [6, 6.07) is 0. The molecule has 0 aliphatic carbocycles. The van der Waals surface area contributed by atoms with Gasteiger partial charge < -0.3 is 0 Å². The second-order valence-corrected chi connectivity index (χ2v) is 4.88. The van der Waals surface area contributed by atoms with Crippen molar-refractivity contribution in [3.8, 4) is 0 Å². The summed E-state index contributed by atoms with van der Waals surface area (Å²) in [6.07, 6.45) is 10.8. The topological polar surface area (TPSA) is 17.1 Å². The lowest BCUT2D eigenvalue weighted by molar-refractivity contribution is -0.119. The van der Waals surface area contributed by atoms with Crippen molar-refractivity contribution in [2.45, 2.75) is 44.9 Å². The van der Waals surface area contributed by atoms with E-state index in [2.05, 4.69) is 29.1 Å². The third-order valence-corrected chi connectivity index (χ3v) is 3.22. The third-order valence-electron chi connectivity index (χ3n) is 2.66. The van der Waals surface area contributed by atoms with Crippen molar-refractivity contribution in [1.29, 1.82) is 0 Å². The van der Waals surface area contributed by atoms with Crippen LogP contribution in [0.25, 0.3) is 0 Å². The summed E-state index contributed by atoms with van der Waals surface area (Å²) in [5.41, 5.74) is 0. The van der Waals surface area contributed by atoms with Crippen molar-refractivity contribution < 1.29 is 4.79 Å². The molecule has 0 aliphatic heterocycles. The van der Waals surface area contributed by atoms with Crippen LogP contribution in [0.1, 0.15) is 44.9 Å². The van der Waals surface area contributed by atoms with Crippen LogP contribution < -0.4 is 0 Å². The first-order chi connectivity index (χ1) is 7.74. The molecule has 0 saturated carbocycles. The second-order valence-electron chi connectivity index (χ2n) is 4.08. The Morgan fingerprint density at radius 2 is 1.62 bits per heavy atom. The van der Waals surface area contributed by atoms with E-state index in [4.69, 9.17) is 0 Å². The molecule has 16 heavy (non-hydrogen) atoms. The molecule has 0 amide bonds. The molecule has 0 aromatic heterocycles. The van der Waals surface area contributed by atoms with E-state index in [0.717, 1.165) is 11.8 Å². The minimum absolute atomic E-state index is 0.154. The normalized spacial score (nSPS) is 10.4. The lowest BCUT2D eigenvalue weighted by Crippen LogP contribution is -2.03. The van der Waals surface area contributed by atoms with E-state index in [1.54, 1.807) is 12.2 Å². The molecule has 0 spiro atoms. The van der Waals surface area contributed by atoms with Crippen LogP contribution in [0.2, 0.25) is 0 Å². The van der Waals surface area contributed by atoms with Crippen molar-refractivity contribution in [2.24, 2.45) is 5.92 Å². The number of carbonyl (C=O) groups is 1. The summed E-state index contributed by atoms with van der Waals surface area (Å²) in [5, 5.41) is 1.09. The fourth-order valence-corrected chi connectivity index (χ4v) is 1.97. The lowest BCUT2D eigenvalue weighted by atomic mass is 9.99. The molecule has 0 saturated heterocycles. The maximum atomic E-state index is 11.6. The molecule has 0 aromatic carbocycles. The molecule has 1 nitrogen and oxygen atoms in total. The molecule has 92 valence electrons. The molecule has 0 heterocycles. The van der Waals surface area contributed by atoms with Gasteiger partial charge in [-0.3, -0.25) is 4.79 Å². The number of hydrogen-bond donors (Lipinski definition) is 0. The number of rotatable bonds is 11. The van der Waals surface area contributed by atoms with Gasteiger partial charge in [-0.05, 0) is 12.8 Å². The monoisotopic (exact) mass is 286 g/mol. The Morgan fingerprint density at radius 3 is 2.19 bits per heavy atom. The lowest BCUT2D eigenvalue weighted by Gasteiger charge is -2.05. The van der Waals surface area contributed by atoms with Crippen LogP contribution in [0, 0.1) is 5.92 Å². The highest BCUT2D eigenvalue weighted by Crippen LogP contribution is 2.11. The van der Waals surface area contributed by atoms with Crippen molar-refractivity contribution in [3.63, 3.8) is 0 Å². The van der Waals surface area contributed by atoms with E-state index in [9.17, 15) is 4.79 Å². The molecule has 0 rings (SSSR count). The van der Waals surface area contributed by atoms with Gasteiger partial charge in [0, 0.05) is 24.1 Å². The average molecular weight is 287 g/mol. The number of halogens is 1. The summed E-state index contributed by atoms with van der Waals surface area (Å²) in [7, 11) is 0. The number of ketones is 1. The predicted molar refractivity (Wildman–Crippen MR) is 75.0 cm³/mol. The molecule has 0 atom stereocenters. The molecular formula is C14H23BrO. The van der Waals surface area contributed by atoms with Gasteiger partial charge in [-0.15, -0.1) is 13.2 Å². The van der Waals surface area contributed by atoms with Gasteiger partial charge in [0.25, 0.3) is 0 Å². The average Bonchev–Trinajstić information content (AvgIpc) is 2.30. The summed E-state index contributed by atoms with van der Waals surface area (Å²) in [4.78, 5) is 11.6. The van der Waals surface area contributed by atoms with Gasteiger partial charge in [-0.25, -0.2) is 0 Å². The van der Waals surface area contributed by atoms with Gasteiger partial charge in [0.05, 0.1) is 0 Å². The number of Topliss-reactive ketones (excluding diaryl/α,β-unsaturated/α-hetero) is 1. The third kappa shape index (κ3) is 8.90. The second kappa shape index (κ2) is 11.1. The van der Waals surface area contributed by atoms with Crippen LogP contribution in [0.15, 0.2) is 25.3 Å². The fourth-order valence-electron chi connectivity index (χ4n) is 1.57. The highest BCUT2D eigenvalue weighted by Gasteiger charge is 2.06. The Labute approximate surface area is 108 Å².